The second-order valence-corrected chi connectivity index (χ2v) is 5.29. The van der Waals surface area contributed by atoms with Gasteiger partial charge in [-0.1, -0.05) is 50.1 Å². The lowest BCUT2D eigenvalue weighted by Gasteiger charge is -2.09. The third-order valence-electron chi connectivity index (χ3n) is 2.55. The SMILES string of the molecule is Cc1cccc(Oc2ccc(CBr)c(Br)c2)c1F. The fourth-order valence-electron chi connectivity index (χ4n) is 1.53. The van der Waals surface area contributed by atoms with E-state index in [1.807, 2.05) is 18.2 Å². The lowest BCUT2D eigenvalue weighted by atomic mass is 10.2. The molecule has 2 aromatic carbocycles. The van der Waals surface area contributed by atoms with Crippen molar-refractivity contribution in [2.24, 2.45) is 0 Å². The van der Waals surface area contributed by atoms with Crippen LogP contribution in [-0.4, -0.2) is 0 Å². The van der Waals surface area contributed by atoms with E-state index in [0.29, 0.717) is 11.3 Å². The van der Waals surface area contributed by atoms with Crippen LogP contribution in [0.1, 0.15) is 11.1 Å². The second-order valence-electron chi connectivity index (χ2n) is 3.88. The molecule has 2 aromatic rings. The average molecular weight is 374 g/mol. The van der Waals surface area contributed by atoms with Gasteiger partial charge in [0, 0.05) is 9.80 Å². The molecule has 94 valence electrons. The summed E-state index contributed by atoms with van der Waals surface area (Å²) < 4.78 is 20.3. The van der Waals surface area contributed by atoms with Crippen molar-refractivity contribution in [2.75, 3.05) is 0 Å². The van der Waals surface area contributed by atoms with Crippen LogP contribution in [-0.2, 0) is 5.33 Å². The van der Waals surface area contributed by atoms with E-state index in [-0.39, 0.29) is 11.6 Å². The summed E-state index contributed by atoms with van der Waals surface area (Å²) in [7, 11) is 0. The molecular formula is C14H11Br2FO. The standard InChI is InChI=1S/C14H11Br2FO/c1-9-3-2-4-13(14(9)17)18-11-6-5-10(8-15)12(16)7-11/h2-7H,8H2,1H3. The Balaban J connectivity index is 2.29. The first-order chi connectivity index (χ1) is 8.61. The summed E-state index contributed by atoms with van der Waals surface area (Å²) in [6.45, 7) is 1.71. The molecule has 0 N–H and O–H groups in total. The molecule has 0 saturated carbocycles. The van der Waals surface area contributed by atoms with Crippen LogP contribution in [0.2, 0.25) is 0 Å². The molecule has 18 heavy (non-hydrogen) atoms. The molecule has 0 fully saturated rings. The Hall–Kier alpha value is -0.870. The van der Waals surface area contributed by atoms with Crippen molar-refractivity contribution < 1.29 is 9.13 Å². The van der Waals surface area contributed by atoms with Gasteiger partial charge in [0.25, 0.3) is 0 Å². The third kappa shape index (κ3) is 2.93. The predicted molar refractivity (Wildman–Crippen MR) is 78.0 cm³/mol. The van der Waals surface area contributed by atoms with Crippen molar-refractivity contribution in [1.29, 1.82) is 0 Å². The second kappa shape index (κ2) is 5.85. The van der Waals surface area contributed by atoms with Crippen LogP contribution in [0.25, 0.3) is 0 Å². The molecule has 0 saturated heterocycles. The molecule has 0 radical (unpaired) electrons. The third-order valence-corrected chi connectivity index (χ3v) is 3.89. The molecule has 1 nitrogen and oxygen atoms in total. The van der Waals surface area contributed by atoms with Crippen molar-refractivity contribution in [2.45, 2.75) is 12.3 Å². The average Bonchev–Trinajstić information content (AvgIpc) is 2.35. The van der Waals surface area contributed by atoms with Crippen molar-refractivity contribution in [3.05, 3.63) is 57.8 Å². The molecule has 0 aromatic heterocycles. The van der Waals surface area contributed by atoms with Gasteiger partial charge < -0.3 is 4.74 Å². The summed E-state index contributed by atoms with van der Waals surface area (Å²) in [5.41, 5.74) is 1.69. The summed E-state index contributed by atoms with van der Waals surface area (Å²) in [4.78, 5) is 0. The zero-order chi connectivity index (χ0) is 13.1. The van der Waals surface area contributed by atoms with Crippen LogP contribution < -0.4 is 4.74 Å². The van der Waals surface area contributed by atoms with Gasteiger partial charge in [0.15, 0.2) is 11.6 Å². The van der Waals surface area contributed by atoms with Crippen LogP contribution >= 0.6 is 31.9 Å². The summed E-state index contributed by atoms with van der Waals surface area (Å²) in [5.74, 6) is 0.530. The molecule has 0 spiro atoms. The molecule has 0 heterocycles. The van der Waals surface area contributed by atoms with Crippen LogP contribution in [0.15, 0.2) is 40.9 Å². The van der Waals surface area contributed by atoms with Gasteiger partial charge in [-0.15, -0.1) is 0 Å². The van der Waals surface area contributed by atoms with E-state index in [9.17, 15) is 4.39 Å². The molecule has 0 aliphatic carbocycles. The lowest BCUT2D eigenvalue weighted by Crippen LogP contribution is -1.91. The number of ether oxygens (including phenoxy) is 1. The highest BCUT2D eigenvalue weighted by Crippen LogP contribution is 2.30. The van der Waals surface area contributed by atoms with Gasteiger partial charge in [-0.3, -0.25) is 0 Å². The van der Waals surface area contributed by atoms with E-state index in [1.165, 1.54) is 0 Å². The highest BCUT2D eigenvalue weighted by Gasteiger charge is 2.08. The highest BCUT2D eigenvalue weighted by molar-refractivity contribution is 9.10. The maximum Gasteiger partial charge on any atom is 0.168 e. The summed E-state index contributed by atoms with van der Waals surface area (Å²) in [5, 5.41) is 0.757. The van der Waals surface area contributed by atoms with Crippen LogP contribution in [0.4, 0.5) is 4.39 Å². The van der Waals surface area contributed by atoms with E-state index in [2.05, 4.69) is 31.9 Å². The Morgan fingerprint density at radius 3 is 2.67 bits per heavy atom. The van der Waals surface area contributed by atoms with E-state index in [1.54, 1.807) is 25.1 Å². The van der Waals surface area contributed by atoms with Gasteiger partial charge in [-0.25, -0.2) is 4.39 Å². The topological polar surface area (TPSA) is 9.23 Å². The molecule has 0 atom stereocenters. The molecule has 0 amide bonds. The van der Waals surface area contributed by atoms with E-state index >= 15 is 0 Å². The van der Waals surface area contributed by atoms with Gasteiger partial charge in [-0.2, -0.15) is 0 Å². The van der Waals surface area contributed by atoms with Gasteiger partial charge in [0.2, 0.25) is 0 Å². The van der Waals surface area contributed by atoms with Gasteiger partial charge in [0.05, 0.1) is 0 Å². The lowest BCUT2D eigenvalue weighted by molar-refractivity contribution is 0.439. The first-order valence-corrected chi connectivity index (χ1v) is 7.30. The molecule has 0 aliphatic rings. The molecule has 0 aliphatic heterocycles. The smallest absolute Gasteiger partial charge is 0.168 e. The number of hydrogen-bond donors (Lipinski definition) is 0. The summed E-state index contributed by atoms with van der Waals surface area (Å²) in [6, 6.07) is 10.7. The number of aryl methyl sites for hydroxylation is 1. The van der Waals surface area contributed by atoms with Gasteiger partial charge >= 0.3 is 0 Å². The number of hydrogen-bond acceptors (Lipinski definition) is 1. The maximum atomic E-state index is 13.8. The van der Waals surface area contributed by atoms with Gasteiger partial charge in [0.1, 0.15) is 5.75 Å². The van der Waals surface area contributed by atoms with Crippen LogP contribution in [0, 0.1) is 12.7 Å². The van der Waals surface area contributed by atoms with Crippen molar-refractivity contribution in [3.8, 4) is 11.5 Å². The number of halogens is 3. The fourth-order valence-corrected chi connectivity index (χ4v) is 2.89. The quantitative estimate of drug-likeness (QED) is 0.637. The monoisotopic (exact) mass is 372 g/mol. The highest BCUT2D eigenvalue weighted by atomic mass is 79.9. The van der Waals surface area contributed by atoms with E-state index < -0.39 is 0 Å². The van der Waals surface area contributed by atoms with E-state index in [4.69, 9.17) is 4.74 Å². The van der Waals surface area contributed by atoms with Crippen LogP contribution in [0.5, 0.6) is 11.5 Å². The van der Waals surface area contributed by atoms with Crippen molar-refractivity contribution >= 4 is 31.9 Å². The number of rotatable bonds is 3. The zero-order valence-corrected chi connectivity index (χ0v) is 12.9. The van der Waals surface area contributed by atoms with Gasteiger partial charge in [-0.05, 0) is 36.2 Å². The predicted octanol–water partition coefficient (Wildman–Crippen LogP) is 5.58. The van der Waals surface area contributed by atoms with Crippen molar-refractivity contribution in [3.63, 3.8) is 0 Å². The van der Waals surface area contributed by atoms with Crippen molar-refractivity contribution in [1.82, 2.24) is 0 Å². The first kappa shape index (κ1) is 13.6. The normalized spacial score (nSPS) is 10.4. The zero-order valence-electron chi connectivity index (χ0n) is 9.71. The molecule has 4 heteroatoms. The molecule has 0 bridgehead atoms. The first-order valence-electron chi connectivity index (χ1n) is 5.39. The number of alkyl halides is 1. The molecule has 2 rings (SSSR count). The maximum absolute atomic E-state index is 13.8. The minimum Gasteiger partial charge on any atom is -0.454 e. The minimum absolute atomic E-state index is 0.244. The molecule has 0 unspecified atom stereocenters. The fraction of sp³-hybridized carbons (Fsp3) is 0.143. The Morgan fingerprint density at radius 2 is 2.00 bits per heavy atom. The minimum atomic E-state index is -0.321. The largest absolute Gasteiger partial charge is 0.454 e. The van der Waals surface area contributed by atoms with Crippen LogP contribution in [0.3, 0.4) is 0 Å². The Labute approximate surface area is 122 Å². The Kier molecular flexibility index (Phi) is 4.40. The summed E-state index contributed by atoms with van der Waals surface area (Å²) in [6.07, 6.45) is 0. The summed E-state index contributed by atoms with van der Waals surface area (Å²) >= 11 is 6.84. The van der Waals surface area contributed by atoms with E-state index in [0.717, 1.165) is 15.4 Å². The Bertz CT molecular complexity index is 570. The molecular weight excluding hydrogens is 363 g/mol. The number of benzene rings is 2. The Morgan fingerprint density at radius 1 is 1.22 bits per heavy atom.